The van der Waals surface area contributed by atoms with Crippen LogP contribution >= 0.6 is 0 Å². The molecule has 0 heterocycles. The maximum absolute atomic E-state index is 12.0. The van der Waals surface area contributed by atoms with Gasteiger partial charge in [0.1, 0.15) is 0 Å². The van der Waals surface area contributed by atoms with Crippen molar-refractivity contribution < 1.29 is 45.0 Å². The molecule has 0 aliphatic heterocycles. The molecule has 6 N–H and O–H groups in total. The minimum absolute atomic E-state index is 0.0486. The van der Waals surface area contributed by atoms with Crippen molar-refractivity contribution in [3.05, 3.63) is 53.1 Å². The number of ether oxygens (including phenoxy) is 1. The van der Waals surface area contributed by atoms with Gasteiger partial charge in [0.2, 0.25) is 6.10 Å². The molecule has 0 saturated carbocycles. The number of benzene rings is 2. The van der Waals surface area contributed by atoms with Crippen molar-refractivity contribution in [3.63, 3.8) is 0 Å². The summed E-state index contributed by atoms with van der Waals surface area (Å²) in [7, 11) is 0. The van der Waals surface area contributed by atoms with Crippen LogP contribution in [0.15, 0.2) is 36.4 Å². The summed E-state index contributed by atoms with van der Waals surface area (Å²) < 4.78 is 4.93. The standard InChI is InChI=1S/C20H20O9/c21-6-5-13-7-12(9-16(24)19(13)26)10-17(20(27)28)29-18(25)4-2-11-1-3-14(22)15(23)8-11/h1-4,7-9,17,21-24,26H,5-6,10H2,(H,27,28)/b4-2+/t17-/m1/s1. The van der Waals surface area contributed by atoms with Gasteiger partial charge in [0.15, 0.2) is 23.0 Å². The Morgan fingerprint density at radius 2 is 1.72 bits per heavy atom. The summed E-state index contributed by atoms with van der Waals surface area (Å²) in [6, 6.07) is 6.41. The van der Waals surface area contributed by atoms with Crippen LogP contribution in [0.1, 0.15) is 16.7 Å². The normalized spacial score (nSPS) is 12.0. The lowest BCUT2D eigenvalue weighted by atomic mass is 10.0. The molecule has 2 aromatic rings. The van der Waals surface area contributed by atoms with Crippen LogP contribution in [0, 0.1) is 0 Å². The molecule has 9 heteroatoms. The lowest BCUT2D eigenvalue weighted by Crippen LogP contribution is -2.28. The first-order chi connectivity index (χ1) is 13.7. The number of rotatable bonds is 8. The zero-order valence-corrected chi connectivity index (χ0v) is 15.1. The fourth-order valence-corrected chi connectivity index (χ4v) is 2.55. The van der Waals surface area contributed by atoms with Crippen LogP contribution in [0.2, 0.25) is 0 Å². The van der Waals surface area contributed by atoms with Gasteiger partial charge < -0.3 is 35.4 Å². The highest BCUT2D eigenvalue weighted by molar-refractivity contribution is 5.89. The third-order valence-electron chi connectivity index (χ3n) is 3.98. The van der Waals surface area contributed by atoms with Gasteiger partial charge in [0.25, 0.3) is 0 Å². The van der Waals surface area contributed by atoms with Gasteiger partial charge in [-0.15, -0.1) is 0 Å². The molecule has 29 heavy (non-hydrogen) atoms. The van der Waals surface area contributed by atoms with E-state index in [1.807, 2.05) is 0 Å². The van der Waals surface area contributed by atoms with Crippen molar-refractivity contribution in [2.24, 2.45) is 0 Å². The van der Waals surface area contributed by atoms with E-state index in [1.54, 1.807) is 0 Å². The molecule has 9 nitrogen and oxygen atoms in total. The van der Waals surface area contributed by atoms with Gasteiger partial charge in [-0.25, -0.2) is 9.59 Å². The molecule has 0 radical (unpaired) electrons. The van der Waals surface area contributed by atoms with E-state index in [-0.39, 0.29) is 42.1 Å². The van der Waals surface area contributed by atoms with E-state index in [2.05, 4.69) is 0 Å². The number of carbonyl (C=O) groups is 2. The van der Waals surface area contributed by atoms with E-state index in [0.717, 1.165) is 12.1 Å². The molecule has 0 spiro atoms. The molecule has 0 bridgehead atoms. The molecule has 0 aromatic heterocycles. The number of carbonyl (C=O) groups excluding carboxylic acids is 1. The fraction of sp³-hybridized carbons (Fsp3) is 0.200. The Bertz CT molecular complexity index is 934. The van der Waals surface area contributed by atoms with Gasteiger partial charge in [0, 0.05) is 24.7 Å². The Kier molecular flexibility index (Phi) is 7.05. The van der Waals surface area contributed by atoms with E-state index in [0.29, 0.717) is 5.56 Å². The molecule has 154 valence electrons. The monoisotopic (exact) mass is 404 g/mol. The summed E-state index contributed by atoms with van der Waals surface area (Å²) in [4.78, 5) is 23.4. The summed E-state index contributed by atoms with van der Waals surface area (Å²) in [5.74, 6) is -3.96. The highest BCUT2D eigenvalue weighted by Crippen LogP contribution is 2.31. The lowest BCUT2D eigenvalue weighted by molar-refractivity contribution is -0.160. The minimum atomic E-state index is -1.56. The predicted octanol–water partition coefficient (Wildman–Crippen LogP) is 1.30. The zero-order valence-electron chi connectivity index (χ0n) is 15.1. The molecule has 0 aliphatic carbocycles. The Hall–Kier alpha value is -3.72. The van der Waals surface area contributed by atoms with Crippen LogP contribution in [0.4, 0.5) is 0 Å². The van der Waals surface area contributed by atoms with Crippen molar-refractivity contribution in [1.82, 2.24) is 0 Å². The first-order valence-corrected chi connectivity index (χ1v) is 8.49. The molecule has 0 fully saturated rings. The average Bonchev–Trinajstić information content (AvgIpc) is 2.66. The molecule has 1 atom stereocenters. The number of carboxylic acids is 1. The maximum atomic E-state index is 12.0. The first-order valence-electron chi connectivity index (χ1n) is 8.49. The largest absolute Gasteiger partial charge is 0.504 e. The lowest BCUT2D eigenvalue weighted by Gasteiger charge is -2.14. The van der Waals surface area contributed by atoms with E-state index in [1.165, 1.54) is 30.3 Å². The maximum Gasteiger partial charge on any atom is 0.345 e. The summed E-state index contributed by atoms with van der Waals surface area (Å²) in [5.41, 5.74) is 0.891. The van der Waals surface area contributed by atoms with E-state index in [4.69, 9.17) is 9.84 Å². The molecular weight excluding hydrogens is 384 g/mol. The topological polar surface area (TPSA) is 165 Å². The number of aromatic hydroxyl groups is 4. The molecule has 0 saturated heterocycles. The number of hydrogen-bond acceptors (Lipinski definition) is 8. The molecule has 2 rings (SSSR count). The number of esters is 1. The third kappa shape index (κ3) is 5.88. The van der Waals surface area contributed by atoms with E-state index >= 15 is 0 Å². The van der Waals surface area contributed by atoms with Gasteiger partial charge in [-0.3, -0.25) is 0 Å². The number of aliphatic hydroxyl groups excluding tert-OH is 1. The van der Waals surface area contributed by atoms with E-state index < -0.39 is 29.5 Å². The summed E-state index contributed by atoms with van der Waals surface area (Å²) >= 11 is 0. The minimum Gasteiger partial charge on any atom is -0.504 e. The van der Waals surface area contributed by atoms with Crippen LogP contribution in [0.3, 0.4) is 0 Å². The van der Waals surface area contributed by atoms with Crippen LogP contribution in [0.25, 0.3) is 6.08 Å². The Morgan fingerprint density at radius 3 is 2.34 bits per heavy atom. The second kappa shape index (κ2) is 9.47. The number of aliphatic carboxylic acids is 1. The summed E-state index contributed by atoms with van der Waals surface area (Å²) in [6.45, 7) is -0.286. The Labute approximate surface area is 165 Å². The molecule has 2 aromatic carbocycles. The fourth-order valence-electron chi connectivity index (χ4n) is 2.55. The second-order valence-electron chi connectivity index (χ2n) is 6.15. The first kappa shape index (κ1) is 21.6. The smallest absolute Gasteiger partial charge is 0.345 e. The highest BCUT2D eigenvalue weighted by Gasteiger charge is 2.23. The summed E-state index contributed by atoms with van der Waals surface area (Å²) in [6.07, 6.45) is 0.444. The van der Waals surface area contributed by atoms with Crippen molar-refractivity contribution in [2.75, 3.05) is 6.61 Å². The quantitative estimate of drug-likeness (QED) is 0.216. The molecule has 0 aliphatic rings. The van der Waals surface area contributed by atoms with Crippen LogP contribution in [-0.2, 0) is 27.2 Å². The Balaban J connectivity index is 2.12. The molecule has 0 amide bonds. The zero-order chi connectivity index (χ0) is 21.6. The van der Waals surface area contributed by atoms with Gasteiger partial charge in [0.05, 0.1) is 0 Å². The van der Waals surface area contributed by atoms with Gasteiger partial charge in [-0.2, -0.15) is 0 Å². The van der Waals surface area contributed by atoms with Crippen molar-refractivity contribution in [3.8, 4) is 23.0 Å². The number of hydrogen-bond donors (Lipinski definition) is 6. The van der Waals surface area contributed by atoms with Gasteiger partial charge in [-0.05, 0) is 41.8 Å². The van der Waals surface area contributed by atoms with Crippen molar-refractivity contribution in [1.29, 1.82) is 0 Å². The number of aliphatic hydroxyl groups is 1. The van der Waals surface area contributed by atoms with E-state index in [9.17, 15) is 35.1 Å². The SMILES string of the molecule is O=C(/C=C/c1ccc(O)c(O)c1)O[C@H](Cc1cc(O)c(O)c(CCO)c1)C(=O)O. The molecular formula is C20H20O9. The molecule has 0 unspecified atom stereocenters. The number of phenolic OH excluding ortho intramolecular Hbond substituents is 4. The number of carboxylic acid groups (broad SMARTS) is 1. The van der Waals surface area contributed by atoms with Crippen molar-refractivity contribution in [2.45, 2.75) is 18.9 Å². The van der Waals surface area contributed by atoms with Crippen molar-refractivity contribution >= 4 is 18.0 Å². The van der Waals surface area contributed by atoms with Crippen LogP contribution in [-0.4, -0.2) is 55.3 Å². The number of phenols is 4. The highest BCUT2D eigenvalue weighted by atomic mass is 16.6. The van der Waals surface area contributed by atoms with Gasteiger partial charge >= 0.3 is 11.9 Å². The average molecular weight is 404 g/mol. The Morgan fingerprint density at radius 1 is 1.00 bits per heavy atom. The van der Waals surface area contributed by atoms with Crippen LogP contribution < -0.4 is 0 Å². The third-order valence-corrected chi connectivity index (χ3v) is 3.98. The van der Waals surface area contributed by atoms with Gasteiger partial charge in [-0.1, -0.05) is 12.1 Å². The second-order valence-corrected chi connectivity index (χ2v) is 6.15. The predicted molar refractivity (Wildman–Crippen MR) is 101 cm³/mol. The summed E-state index contributed by atoms with van der Waals surface area (Å²) in [5, 5.41) is 56.5. The van der Waals surface area contributed by atoms with Crippen LogP contribution in [0.5, 0.6) is 23.0 Å².